The zero-order chi connectivity index (χ0) is 14.0. The Hall–Kier alpha value is -1.82. The van der Waals surface area contributed by atoms with E-state index in [4.69, 9.17) is 4.52 Å². The average molecular weight is 268 g/mol. The van der Waals surface area contributed by atoms with Gasteiger partial charge in [-0.2, -0.15) is 4.98 Å². The van der Waals surface area contributed by atoms with Crippen molar-refractivity contribution in [3.8, 4) is 11.4 Å². The molecule has 0 radical (unpaired) electrons. The molecule has 0 amide bonds. The summed E-state index contributed by atoms with van der Waals surface area (Å²) in [5, 5.41) is 13.4. The summed E-state index contributed by atoms with van der Waals surface area (Å²) in [5.74, 6) is -1.39. The van der Waals surface area contributed by atoms with Crippen molar-refractivity contribution in [2.45, 2.75) is 26.4 Å². The van der Waals surface area contributed by atoms with Crippen molar-refractivity contribution in [2.24, 2.45) is 5.92 Å². The van der Waals surface area contributed by atoms with Crippen LogP contribution in [0.1, 0.15) is 19.7 Å². The molecule has 0 bridgehead atoms. The van der Waals surface area contributed by atoms with Crippen LogP contribution in [-0.4, -0.2) is 21.4 Å². The Kier molecular flexibility index (Phi) is 3.90. The number of halogens is 2. The average Bonchev–Trinajstić information content (AvgIpc) is 2.81. The third-order valence-electron chi connectivity index (χ3n) is 2.80. The van der Waals surface area contributed by atoms with Gasteiger partial charge in [-0.15, -0.1) is 0 Å². The summed E-state index contributed by atoms with van der Waals surface area (Å²) >= 11 is 0. The van der Waals surface area contributed by atoms with E-state index in [9.17, 15) is 13.9 Å². The molecule has 0 saturated carbocycles. The molecular weight excluding hydrogens is 254 g/mol. The van der Waals surface area contributed by atoms with Crippen molar-refractivity contribution in [1.82, 2.24) is 10.1 Å². The Balaban J connectivity index is 2.18. The van der Waals surface area contributed by atoms with Crippen LogP contribution >= 0.6 is 0 Å². The first-order valence-electron chi connectivity index (χ1n) is 5.93. The van der Waals surface area contributed by atoms with Gasteiger partial charge in [0.15, 0.2) is 11.6 Å². The Labute approximate surface area is 109 Å². The molecule has 2 rings (SSSR count). The topological polar surface area (TPSA) is 59.2 Å². The molecule has 0 aliphatic heterocycles. The molecular formula is C13H14F2N2O2. The second-order valence-electron chi connectivity index (χ2n) is 4.66. The normalized spacial score (nSPS) is 12.9. The standard InChI is InChI=1S/C13H14F2N2O2/c1-7(2)11(18)6-12-16-13(17-19-12)8-3-4-9(14)10(15)5-8/h3-5,7,11,18H,6H2,1-2H3. The first kappa shape index (κ1) is 13.6. The zero-order valence-electron chi connectivity index (χ0n) is 10.6. The molecule has 6 heteroatoms. The molecule has 19 heavy (non-hydrogen) atoms. The summed E-state index contributed by atoms with van der Waals surface area (Å²) in [6.07, 6.45) is -0.354. The fraction of sp³-hybridized carbons (Fsp3) is 0.385. The van der Waals surface area contributed by atoms with Crippen LogP contribution < -0.4 is 0 Å². The van der Waals surface area contributed by atoms with Crippen molar-refractivity contribution in [1.29, 1.82) is 0 Å². The van der Waals surface area contributed by atoms with Gasteiger partial charge < -0.3 is 9.63 Å². The van der Waals surface area contributed by atoms with Crippen molar-refractivity contribution in [2.75, 3.05) is 0 Å². The SMILES string of the molecule is CC(C)C(O)Cc1nc(-c2ccc(F)c(F)c2)no1. The lowest BCUT2D eigenvalue weighted by atomic mass is 10.0. The van der Waals surface area contributed by atoms with Crippen molar-refractivity contribution >= 4 is 0 Å². The van der Waals surface area contributed by atoms with Gasteiger partial charge in [-0.1, -0.05) is 19.0 Å². The molecule has 0 aliphatic rings. The van der Waals surface area contributed by atoms with E-state index in [1.165, 1.54) is 6.07 Å². The Morgan fingerprint density at radius 3 is 2.63 bits per heavy atom. The number of hydrogen-bond donors (Lipinski definition) is 1. The van der Waals surface area contributed by atoms with Crippen molar-refractivity contribution in [3.05, 3.63) is 35.7 Å². The second kappa shape index (κ2) is 5.44. The molecule has 102 valence electrons. The quantitative estimate of drug-likeness (QED) is 0.925. The predicted octanol–water partition coefficient (Wildman–Crippen LogP) is 2.57. The number of hydrogen-bond acceptors (Lipinski definition) is 4. The van der Waals surface area contributed by atoms with Gasteiger partial charge in [0.1, 0.15) is 0 Å². The molecule has 1 atom stereocenters. The minimum atomic E-state index is -0.967. The van der Waals surface area contributed by atoms with Crippen LogP contribution in [0, 0.1) is 17.6 Å². The highest BCUT2D eigenvalue weighted by atomic mass is 19.2. The number of benzene rings is 1. The molecule has 1 aromatic carbocycles. The van der Waals surface area contributed by atoms with Gasteiger partial charge in [-0.05, 0) is 24.1 Å². The molecule has 1 heterocycles. The first-order chi connectivity index (χ1) is 8.97. The van der Waals surface area contributed by atoms with Crippen LogP contribution in [0.3, 0.4) is 0 Å². The van der Waals surface area contributed by atoms with E-state index < -0.39 is 17.7 Å². The van der Waals surface area contributed by atoms with Gasteiger partial charge in [0.2, 0.25) is 11.7 Å². The maximum atomic E-state index is 13.1. The number of aliphatic hydroxyl groups is 1. The van der Waals surface area contributed by atoms with Gasteiger partial charge >= 0.3 is 0 Å². The lowest BCUT2D eigenvalue weighted by molar-refractivity contribution is 0.116. The smallest absolute Gasteiger partial charge is 0.229 e. The van der Waals surface area contributed by atoms with Crippen LogP contribution in [0.4, 0.5) is 8.78 Å². The molecule has 4 nitrogen and oxygen atoms in total. The van der Waals surface area contributed by atoms with Crippen LogP contribution in [-0.2, 0) is 6.42 Å². The summed E-state index contributed by atoms with van der Waals surface area (Å²) in [7, 11) is 0. The summed E-state index contributed by atoms with van der Waals surface area (Å²) in [6, 6.07) is 3.37. The minimum Gasteiger partial charge on any atom is -0.392 e. The number of nitrogens with zero attached hydrogens (tertiary/aromatic N) is 2. The van der Waals surface area contributed by atoms with Crippen molar-refractivity contribution < 1.29 is 18.4 Å². The highest BCUT2D eigenvalue weighted by Crippen LogP contribution is 2.19. The number of rotatable bonds is 4. The highest BCUT2D eigenvalue weighted by molar-refractivity contribution is 5.54. The Morgan fingerprint density at radius 1 is 1.26 bits per heavy atom. The van der Waals surface area contributed by atoms with Crippen LogP contribution in [0.25, 0.3) is 11.4 Å². The lowest BCUT2D eigenvalue weighted by Crippen LogP contribution is -2.17. The van der Waals surface area contributed by atoms with Gasteiger partial charge in [0.25, 0.3) is 0 Å². The Morgan fingerprint density at radius 2 is 2.00 bits per heavy atom. The van der Waals surface area contributed by atoms with E-state index in [1.807, 2.05) is 13.8 Å². The van der Waals surface area contributed by atoms with Crippen molar-refractivity contribution in [3.63, 3.8) is 0 Å². The van der Waals surface area contributed by atoms with E-state index in [0.29, 0.717) is 5.56 Å². The molecule has 1 unspecified atom stereocenters. The third kappa shape index (κ3) is 3.14. The van der Waals surface area contributed by atoms with Gasteiger partial charge in [0, 0.05) is 5.56 Å². The van der Waals surface area contributed by atoms with Crippen LogP contribution in [0.5, 0.6) is 0 Å². The summed E-state index contributed by atoms with van der Waals surface area (Å²) in [4.78, 5) is 4.05. The lowest BCUT2D eigenvalue weighted by Gasteiger charge is -2.10. The molecule has 0 fully saturated rings. The van der Waals surface area contributed by atoms with E-state index >= 15 is 0 Å². The monoisotopic (exact) mass is 268 g/mol. The number of aliphatic hydroxyl groups excluding tert-OH is 1. The minimum absolute atomic E-state index is 0.0682. The fourth-order valence-corrected chi connectivity index (χ4v) is 1.50. The van der Waals surface area contributed by atoms with E-state index in [1.54, 1.807) is 0 Å². The van der Waals surface area contributed by atoms with Gasteiger partial charge in [-0.3, -0.25) is 0 Å². The molecule has 1 N–H and O–H groups in total. The van der Waals surface area contributed by atoms with Crippen LogP contribution in [0.2, 0.25) is 0 Å². The van der Waals surface area contributed by atoms with E-state index in [0.717, 1.165) is 12.1 Å². The van der Waals surface area contributed by atoms with E-state index in [2.05, 4.69) is 10.1 Å². The Bertz CT molecular complexity index is 570. The van der Waals surface area contributed by atoms with Gasteiger partial charge in [-0.25, -0.2) is 8.78 Å². The predicted molar refractivity (Wildman–Crippen MR) is 64.2 cm³/mol. The molecule has 2 aromatic rings. The number of aromatic nitrogens is 2. The highest BCUT2D eigenvalue weighted by Gasteiger charge is 2.16. The molecule has 0 saturated heterocycles. The first-order valence-corrected chi connectivity index (χ1v) is 5.93. The van der Waals surface area contributed by atoms with E-state index in [-0.39, 0.29) is 24.1 Å². The van der Waals surface area contributed by atoms with Gasteiger partial charge in [0.05, 0.1) is 12.5 Å². The molecule has 0 aliphatic carbocycles. The second-order valence-corrected chi connectivity index (χ2v) is 4.66. The summed E-state index contributed by atoms with van der Waals surface area (Å²) in [6.45, 7) is 3.74. The zero-order valence-corrected chi connectivity index (χ0v) is 10.6. The maximum Gasteiger partial charge on any atom is 0.229 e. The maximum absolute atomic E-state index is 13.1. The fourth-order valence-electron chi connectivity index (χ4n) is 1.50. The summed E-state index contributed by atoms with van der Waals surface area (Å²) in [5.41, 5.74) is 0.327. The molecule has 1 aromatic heterocycles. The summed E-state index contributed by atoms with van der Waals surface area (Å²) < 4.78 is 30.9. The molecule has 0 spiro atoms. The van der Waals surface area contributed by atoms with Crippen LogP contribution in [0.15, 0.2) is 22.7 Å². The largest absolute Gasteiger partial charge is 0.392 e. The third-order valence-corrected chi connectivity index (χ3v) is 2.80.